The van der Waals surface area contributed by atoms with Gasteiger partial charge in [0.25, 0.3) is 0 Å². The van der Waals surface area contributed by atoms with Crippen LogP contribution in [0.3, 0.4) is 0 Å². The van der Waals surface area contributed by atoms with E-state index in [1.807, 2.05) is 24.3 Å². The number of nitrogens with zero attached hydrogens (tertiary/aromatic N) is 3. The molecule has 1 aliphatic rings. The number of rotatable bonds is 7. The van der Waals surface area contributed by atoms with Crippen LogP contribution in [0.25, 0.3) is 22.8 Å². The fourth-order valence-electron chi connectivity index (χ4n) is 3.27. The van der Waals surface area contributed by atoms with Crippen molar-refractivity contribution in [3.63, 3.8) is 0 Å². The Kier molecular flexibility index (Phi) is 5.37. The van der Waals surface area contributed by atoms with E-state index in [1.54, 1.807) is 12.1 Å². The summed E-state index contributed by atoms with van der Waals surface area (Å²) in [6.07, 6.45) is 4.37. The van der Waals surface area contributed by atoms with Crippen LogP contribution in [0.15, 0.2) is 59.2 Å². The van der Waals surface area contributed by atoms with E-state index < -0.39 is 0 Å². The predicted molar refractivity (Wildman–Crippen MR) is 116 cm³/mol. The van der Waals surface area contributed by atoms with E-state index in [9.17, 15) is 9.18 Å². The summed E-state index contributed by atoms with van der Waals surface area (Å²) in [7, 11) is 0. The molecule has 32 heavy (non-hydrogen) atoms. The van der Waals surface area contributed by atoms with Gasteiger partial charge in [-0.1, -0.05) is 0 Å². The Morgan fingerprint density at radius 2 is 1.81 bits per heavy atom. The number of aromatic amines is 1. The number of anilines is 1. The van der Waals surface area contributed by atoms with Crippen LogP contribution >= 0.6 is 0 Å². The molecule has 2 aromatic carbocycles. The lowest BCUT2D eigenvalue weighted by Crippen LogP contribution is -2.30. The number of carbonyl (C=O) groups excluding carboxylic acids is 1. The molecular formula is C23H21FN6O2. The van der Waals surface area contributed by atoms with Gasteiger partial charge < -0.3 is 15.1 Å². The highest BCUT2D eigenvalue weighted by atomic mass is 19.1. The third-order valence-corrected chi connectivity index (χ3v) is 5.18. The number of hydrogen-bond donors (Lipinski definition) is 3. The van der Waals surface area contributed by atoms with Gasteiger partial charge in [0.2, 0.25) is 5.89 Å². The molecule has 3 N–H and O–H groups in total. The van der Waals surface area contributed by atoms with E-state index in [1.165, 1.54) is 31.2 Å². The van der Waals surface area contributed by atoms with E-state index in [0.717, 1.165) is 11.4 Å². The van der Waals surface area contributed by atoms with Crippen LogP contribution in [0.5, 0.6) is 0 Å². The largest absolute Gasteiger partial charge is 0.444 e. The van der Waals surface area contributed by atoms with Crippen molar-refractivity contribution in [1.82, 2.24) is 25.5 Å². The van der Waals surface area contributed by atoms with Crippen molar-refractivity contribution in [2.75, 3.05) is 11.9 Å². The fraction of sp³-hybridized carbons (Fsp3) is 0.217. The minimum absolute atomic E-state index is 0.311. The summed E-state index contributed by atoms with van der Waals surface area (Å²) < 4.78 is 18.5. The molecule has 1 fully saturated rings. The van der Waals surface area contributed by atoms with Crippen molar-refractivity contribution in [3.8, 4) is 22.8 Å². The minimum Gasteiger partial charge on any atom is -0.444 e. The Labute approximate surface area is 183 Å². The van der Waals surface area contributed by atoms with Crippen molar-refractivity contribution in [3.05, 3.63) is 72.1 Å². The molecule has 4 aromatic rings. The molecule has 8 nitrogen and oxygen atoms in total. The molecule has 0 saturated heterocycles. The van der Waals surface area contributed by atoms with Gasteiger partial charge in [-0.25, -0.2) is 19.2 Å². The molecule has 2 aromatic heterocycles. The quantitative estimate of drug-likeness (QED) is 0.398. The molecule has 0 radical (unpaired) electrons. The van der Waals surface area contributed by atoms with Gasteiger partial charge in [-0.05, 0) is 61.4 Å². The maximum atomic E-state index is 13.0. The highest BCUT2D eigenvalue weighted by molar-refractivity contribution is 5.89. The average Bonchev–Trinajstić information content (AvgIpc) is 3.34. The number of halogens is 1. The first-order valence-corrected chi connectivity index (χ1v) is 10.4. The second-order valence-electron chi connectivity index (χ2n) is 7.68. The first kappa shape index (κ1) is 19.9. The highest BCUT2D eigenvalue weighted by Crippen LogP contribution is 2.38. The lowest BCUT2D eigenvalue weighted by molar-refractivity contribution is 0.252. The second-order valence-corrected chi connectivity index (χ2v) is 7.68. The number of oxazole rings is 1. The van der Waals surface area contributed by atoms with Crippen molar-refractivity contribution in [2.45, 2.75) is 25.2 Å². The molecule has 0 spiro atoms. The lowest BCUT2D eigenvalue weighted by Gasteiger charge is -2.07. The maximum Gasteiger partial charge on any atom is 0.319 e. The van der Waals surface area contributed by atoms with Crippen LogP contribution in [-0.2, 0) is 6.42 Å². The first-order chi connectivity index (χ1) is 15.6. The zero-order valence-corrected chi connectivity index (χ0v) is 17.1. The highest BCUT2D eigenvalue weighted by Gasteiger charge is 2.27. The van der Waals surface area contributed by atoms with Crippen molar-refractivity contribution in [2.24, 2.45) is 0 Å². The van der Waals surface area contributed by atoms with Gasteiger partial charge in [-0.3, -0.25) is 5.10 Å². The Bertz CT molecular complexity index is 1210. The summed E-state index contributed by atoms with van der Waals surface area (Å²) >= 11 is 0. The average molecular weight is 432 g/mol. The van der Waals surface area contributed by atoms with Crippen molar-refractivity contribution in [1.29, 1.82) is 0 Å². The zero-order chi connectivity index (χ0) is 21.9. The number of H-pyrrole nitrogens is 1. The summed E-state index contributed by atoms with van der Waals surface area (Å²) in [6.45, 7) is 0.389. The Hall–Kier alpha value is -4.01. The van der Waals surface area contributed by atoms with Gasteiger partial charge in [0, 0.05) is 35.7 Å². The summed E-state index contributed by atoms with van der Waals surface area (Å²) in [5, 5.41) is 12.9. The number of carbonyl (C=O) groups is 1. The molecule has 5 rings (SSSR count). The Morgan fingerprint density at radius 1 is 1.06 bits per heavy atom. The van der Waals surface area contributed by atoms with Crippen LogP contribution < -0.4 is 10.6 Å². The Balaban J connectivity index is 1.10. The van der Waals surface area contributed by atoms with Crippen LogP contribution in [-0.4, -0.2) is 32.7 Å². The molecule has 0 atom stereocenters. The number of hydrogen-bond acceptors (Lipinski definition) is 5. The topological polar surface area (TPSA) is 109 Å². The van der Waals surface area contributed by atoms with Gasteiger partial charge >= 0.3 is 6.03 Å². The fourth-order valence-corrected chi connectivity index (χ4v) is 3.27. The van der Waals surface area contributed by atoms with E-state index >= 15 is 0 Å². The van der Waals surface area contributed by atoms with Crippen LogP contribution in [0.1, 0.15) is 30.3 Å². The lowest BCUT2D eigenvalue weighted by atomic mass is 10.2. The molecule has 0 unspecified atom stereocenters. The second kappa shape index (κ2) is 8.62. The van der Waals surface area contributed by atoms with Crippen molar-refractivity contribution >= 4 is 11.7 Å². The van der Waals surface area contributed by atoms with E-state index in [0.29, 0.717) is 47.5 Å². The molecular weight excluding hydrogens is 411 g/mol. The summed E-state index contributed by atoms with van der Waals surface area (Å²) in [5.74, 6) is 2.23. The molecule has 0 bridgehead atoms. The van der Waals surface area contributed by atoms with Gasteiger partial charge in [0.05, 0.1) is 5.69 Å². The third-order valence-electron chi connectivity index (χ3n) is 5.18. The van der Waals surface area contributed by atoms with Gasteiger partial charge in [0.1, 0.15) is 17.9 Å². The molecule has 2 heterocycles. The molecule has 1 aliphatic carbocycles. The Morgan fingerprint density at radius 3 is 2.56 bits per heavy atom. The third kappa shape index (κ3) is 4.66. The molecule has 2 amide bonds. The molecule has 1 saturated carbocycles. The van der Waals surface area contributed by atoms with Gasteiger partial charge in [-0.15, -0.1) is 0 Å². The molecule has 0 aliphatic heterocycles. The zero-order valence-electron chi connectivity index (χ0n) is 17.1. The van der Waals surface area contributed by atoms with Crippen LogP contribution in [0, 0.1) is 5.82 Å². The SMILES string of the molecule is O=C(NCCc1coc(-c2ccc(F)cc2)n1)Nc1ccc(-c2n[nH]c(C3CC3)n2)cc1. The number of benzene rings is 2. The molecule has 9 heteroatoms. The summed E-state index contributed by atoms with van der Waals surface area (Å²) in [5.41, 5.74) is 2.96. The predicted octanol–water partition coefficient (Wildman–Crippen LogP) is 4.51. The first-order valence-electron chi connectivity index (χ1n) is 10.4. The summed E-state index contributed by atoms with van der Waals surface area (Å²) in [6, 6.07) is 13.0. The normalized spacial score (nSPS) is 13.2. The molecule has 162 valence electrons. The standard InChI is InChI=1S/C23H21FN6O2/c24-17-7-3-16(4-8-17)22-26-19(13-32-22)11-12-25-23(31)27-18-9-5-15(6-10-18)21-28-20(29-30-21)14-1-2-14/h3-10,13-14H,1-2,11-12H2,(H2,25,27,31)(H,28,29,30). The smallest absolute Gasteiger partial charge is 0.319 e. The van der Waals surface area contributed by atoms with Crippen LogP contribution in [0.4, 0.5) is 14.9 Å². The van der Waals surface area contributed by atoms with Gasteiger partial charge in [0.15, 0.2) is 5.82 Å². The number of urea groups is 1. The number of aromatic nitrogens is 4. The monoisotopic (exact) mass is 432 g/mol. The van der Waals surface area contributed by atoms with Crippen LogP contribution in [0.2, 0.25) is 0 Å². The van der Waals surface area contributed by atoms with Gasteiger partial charge in [-0.2, -0.15) is 5.10 Å². The van der Waals surface area contributed by atoms with E-state index in [4.69, 9.17) is 4.42 Å². The van der Waals surface area contributed by atoms with Crippen molar-refractivity contribution < 1.29 is 13.6 Å². The summed E-state index contributed by atoms with van der Waals surface area (Å²) in [4.78, 5) is 21.1. The minimum atomic E-state index is -0.314. The maximum absolute atomic E-state index is 13.0. The van der Waals surface area contributed by atoms with E-state index in [-0.39, 0.29) is 11.8 Å². The number of amides is 2. The van der Waals surface area contributed by atoms with E-state index in [2.05, 4.69) is 30.8 Å². The number of nitrogens with one attached hydrogen (secondary N) is 3.